The van der Waals surface area contributed by atoms with Crippen LogP contribution in [0.15, 0.2) is 22.2 Å². The van der Waals surface area contributed by atoms with E-state index in [-0.39, 0.29) is 0 Å². The fourth-order valence-electron chi connectivity index (χ4n) is 1.74. The zero-order valence-electron chi connectivity index (χ0n) is 8.68. The van der Waals surface area contributed by atoms with Crippen LogP contribution in [0.25, 0.3) is 0 Å². The summed E-state index contributed by atoms with van der Waals surface area (Å²) in [5.41, 5.74) is 1.57. The van der Waals surface area contributed by atoms with Gasteiger partial charge in [-0.25, -0.2) is 0 Å². The van der Waals surface area contributed by atoms with Crippen LogP contribution in [0.3, 0.4) is 0 Å². The van der Waals surface area contributed by atoms with Gasteiger partial charge in [0, 0.05) is 11.0 Å². The number of rotatable bonds is 3. The Hall–Kier alpha value is -0.0800. The molecule has 0 aliphatic heterocycles. The van der Waals surface area contributed by atoms with Gasteiger partial charge in [-0.15, -0.1) is 0 Å². The third kappa shape index (κ3) is 3.65. The van der Waals surface area contributed by atoms with E-state index in [9.17, 15) is 0 Å². The molecule has 0 amide bonds. The highest BCUT2D eigenvalue weighted by atomic mass is 79.9. The lowest BCUT2D eigenvalue weighted by atomic mass is 9.93. The van der Waals surface area contributed by atoms with Crippen molar-refractivity contribution in [3.05, 3.63) is 22.2 Å². The largest absolute Gasteiger partial charge is 0.309 e. The monoisotopic (exact) mass is 243 g/mol. The van der Waals surface area contributed by atoms with Crippen molar-refractivity contribution in [2.45, 2.75) is 19.8 Å². The lowest BCUT2D eigenvalue weighted by Crippen LogP contribution is -2.21. The first-order valence-electron chi connectivity index (χ1n) is 4.80. The van der Waals surface area contributed by atoms with Crippen molar-refractivity contribution >= 4 is 15.9 Å². The van der Waals surface area contributed by atoms with Gasteiger partial charge in [0.1, 0.15) is 0 Å². The average molecular weight is 244 g/mol. The summed E-state index contributed by atoms with van der Waals surface area (Å²) in [6, 6.07) is 0. The van der Waals surface area contributed by atoms with Crippen molar-refractivity contribution in [2.24, 2.45) is 5.92 Å². The fraction of sp³-hybridized carbons (Fsp3) is 0.636. The fourth-order valence-corrected chi connectivity index (χ4v) is 2.26. The summed E-state index contributed by atoms with van der Waals surface area (Å²) in [5.74, 6) is 0.677. The zero-order chi connectivity index (χ0) is 9.84. The summed E-state index contributed by atoms with van der Waals surface area (Å²) in [6.07, 6.45) is 6.93. The Morgan fingerprint density at radius 2 is 2.23 bits per heavy atom. The van der Waals surface area contributed by atoms with Crippen LogP contribution >= 0.6 is 15.9 Å². The second-order valence-corrected chi connectivity index (χ2v) is 4.93. The van der Waals surface area contributed by atoms with Gasteiger partial charge in [-0.1, -0.05) is 34.5 Å². The lowest BCUT2D eigenvalue weighted by molar-refractivity contribution is 0.359. The molecule has 0 heterocycles. The van der Waals surface area contributed by atoms with Crippen LogP contribution in [0.4, 0.5) is 0 Å². The van der Waals surface area contributed by atoms with Gasteiger partial charge in [-0.2, -0.15) is 0 Å². The topological polar surface area (TPSA) is 3.24 Å². The minimum atomic E-state index is 0.677. The number of hydrogen-bond donors (Lipinski definition) is 0. The molecule has 0 saturated heterocycles. The van der Waals surface area contributed by atoms with E-state index in [1.807, 2.05) is 0 Å². The van der Waals surface area contributed by atoms with Crippen molar-refractivity contribution in [1.82, 2.24) is 4.90 Å². The maximum absolute atomic E-state index is 3.53. The highest BCUT2D eigenvalue weighted by molar-refractivity contribution is 9.11. The molecule has 0 aromatic rings. The second-order valence-electron chi connectivity index (χ2n) is 4.01. The number of halogens is 1. The summed E-state index contributed by atoms with van der Waals surface area (Å²) >= 11 is 3.53. The normalized spacial score (nSPS) is 19.8. The third-order valence-electron chi connectivity index (χ3n) is 2.37. The predicted octanol–water partition coefficient (Wildman–Crippen LogP) is 3.18. The highest BCUT2D eigenvalue weighted by Crippen LogP contribution is 2.26. The van der Waals surface area contributed by atoms with Gasteiger partial charge < -0.3 is 4.90 Å². The van der Waals surface area contributed by atoms with E-state index in [4.69, 9.17) is 0 Å². The smallest absolute Gasteiger partial charge is 0.0135 e. The van der Waals surface area contributed by atoms with Crippen molar-refractivity contribution in [3.8, 4) is 0 Å². The molecule has 1 unspecified atom stereocenters. The Labute approximate surface area is 89.6 Å². The van der Waals surface area contributed by atoms with Crippen LogP contribution in [-0.2, 0) is 0 Å². The van der Waals surface area contributed by atoms with Crippen LogP contribution in [0.2, 0.25) is 0 Å². The molecule has 0 aromatic heterocycles. The lowest BCUT2D eigenvalue weighted by Gasteiger charge is -2.21. The molecule has 74 valence electrons. The Morgan fingerprint density at radius 1 is 1.54 bits per heavy atom. The van der Waals surface area contributed by atoms with E-state index < -0.39 is 0 Å². The van der Waals surface area contributed by atoms with Gasteiger partial charge in [0.25, 0.3) is 0 Å². The number of allylic oxidation sites excluding steroid dienone is 3. The molecule has 13 heavy (non-hydrogen) atoms. The maximum Gasteiger partial charge on any atom is 0.0135 e. The molecule has 1 nitrogen and oxygen atoms in total. The molecular formula is C11H18BrN. The molecule has 0 N–H and O–H groups in total. The van der Waals surface area contributed by atoms with E-state index in [1.54, 1.807) is 5.57 Å². The van der Waals surface area contributed by atoms with Gasteiger partial charge >= 0.3 is 0 Å². The molecular weight excluding hydrogens is 226 g/mol. The summed E-state index contributed by atoms with van der Waals surface area (Å²) in [4.78, 5) is 2.25. The standard InChI is InChI=1S/C11H18BrN/c1-9(8-13(2)3)10-5-4-6-11(12)7-10/h6-7,9H,4-5,8H2,1-3H3. The third-order valence-corrected chi connectivity index (χ3v) is 2.92. The molecule has 0 spiro atoms. The van der Waals surface area contributed by atoms with Gasteiger partial charge in [0.05, 0.1) is 0 Å². The van der Waals surface area contributed by atoms with Gasteiger partial charge in [0.15, 0.2) is 0 Å². The molecule has 2 heteroatoms. The molecule has 0 aromatic carbocycles. The van der Waals surface area contributed by atoms with E-state index >= 15 is 0 Å². The molecule has 0 radical (unpaired) electrons. The molecule has 1 atom stereocenters. The predicted molar refractivity (Wildman–Crippen MR) is 62.0 cm³/mol. The molecule has 0 bridgehead atoms. The summed E-state index contributed by atoms with van der Waals surface area (Å²) in [6.45, 7) is 3.45. The van der Waals surface area contributed by atoms with Crippen molar-refractivity contribution < 1.29 is 0 Å². The van der Waals surface area contributed by atoms with Crippen LogP contribution in [-0.4, -0.2) is 25.5 Å². The molecule has 1 aliphatic rings. The first-order valence-corrected chi connectivity index (χ1v) is 5.59. The zero-order valence-corrected chi connectivity index (χ0v) is 10.3. The quantitative estimate of drug-likeness (QED) is 0.737. The summed E-state index contributed by atoms with van der Waals surface area (Å²) < 4.78 is 1.25. The summed E-state index contributed by atoms with van der Waals surface area (Å²) in [7, 11) is 4.26. The van der Waals surface area contributed by atoms with E-state index in [0.29, 0.717) is 5.92 Å². The van der Waals surface area contributed by atoms with Crippen LogP contribution in [0.1, 0.15) is 19.8 Å². The Morgan fingerprint density at radius 3 is 2.77 bits per heavy atom. The minimum Gasteiger partial charge on any atom is -0.309 e. The Balaban J connectivity index is 2.56. The summed E-state index contributed by atoms with van der Waals surface area (Å²) in [5, 5.41) is 0. The average Bonchev–Trinajstić information content (AvgIpc) is 2.03. The van der Waals surface area contributed by atoms with E-state index in [1.165, 1.54) is 17.3 Å². The Kier molecular flexibility index (Phi) is 4.20. The molecule has 1 aliphatic carbocycles. The van der Waals surface area contributed by atoms with E-state index in [2.05, 4.69) is 54.0 Å². The minimum absolute atomic E-state index is 0.677. The van der Waals surface area contributed by atoms with Crippen molar-refractivity contribution in [1.29, 1.82) is 0 Å². The molecule has 0 fully saturated rings. The number of nitrogens with zero attached hydrogens (tertiary/aromatic N) is 1. The van der Waals surface area contributed by atoms with Gasteiger partial charge in [-0.3, -0.25) is 0 Å². The first-order chi connectivity index (χ1) is 6.09. The van der Waals surface area contributed by atoms with Crippen LogP contribution in [0.5, 0.6) is 0 Å². The highest BCUT2D eigenvalue weighted by Gasteiger charge is 2.12. The van der Waals surface area contributed by atoms with Crippen molar-refractivity contribution in [3.63, 3.8) is 0 Å². The second kappa shape index (κ2) is 4.97. The first kappa shape index (κ1) is 11.0. The SMILES string of the molecule is CC(CN(C)C)C1=CC(Br)=CCC1. The van der Waals surface area contributed by atoms with Crippen LogP contribution in [0, 0.1) is 5.92 Å². The van der Waals surface area contributed by atoms with Crippen molar-refractivity contribution in [2.75, 3.05) is 20.6 Å². The maximum atomic E-state index is 3.53. The van der Waals surface area contributed by atoms with Gasteiger partial charge in [-0.05, 0) is 38.9 Å². The molecule has 1 rings (SSSR count). The van der Waals surface area contributed by atoms with Crippen LogP contribution < -0.4 is 0 Å². The molecule has 0 saturated carbocycles. The van der Waals surface area contributed by atoms with E-state index in [0.717, 1.165) is 6.54 Å². The number of hydrogen-bond acceptors (Lipinski definition) is 1. The van der Waals surface area contributed by atoms with Gasteiger partial charge in [0.2, 0.25) is 0 Å². The Bertz CT molecular complexity index is 228.